The van der Waals surface area contributed by atoms with Crippen LogP contribution in [0.25, 0.3) is 0 Å². The minimum atomic E-state index is -0.354. The summed E-state index contributed by atoms with van der Waals surface area (Å²) in [5, 5.41) is 2.75. The highest BCUT2D eigenvalue weighted by molar-refractivity contribution is 9.11. The number of carbonyl (C=O) groups excluding carboxylic acids is 1. The summed E-state index contributed by atoms with van der Waals surface area (Å²) in [6, 6.07) is 8.39. The van der Waals surface area contributed by atoms with Crippen LogP contribution < -0.4 is 5.32 Å². The summed E-state index contributed by atoms with van der Waals surface area (Å²) in [6.07, 6.45) is 0. The van der Waals surface area contributed by atoms with Crippen LogP contribution in [0.3, 0.4) is 0 Å². The average molecular weight is 371 g/mol. The van der Waals surface area contributed by atoms with Gasteiger partial charge in [0.25, 0.3) is 0 Å². The Morgan fingerprint density at radius 3 is 2.81 bits per heavy atom. The van der Waals surface area contributed by atoms with E-state index in [-0.39, 0.29) is 18.3 Å². The molecule has 112 valence electrons. The molecule has 1 N–H and O–H groups in total. The molecule has 0 unspecified atom stereocenters. The highest BCUT2D eigenvalue weighted by Crippen LogP contribution is 2.23. The van der Waals surface area contributed by atoms with Gasteiger partial charge >= 0.3 is 0 Å². The Morgan fingerprint density at radius 1 is 1.38 bits per heavy atom. The van der Waals surface area contributed by atoms with Gasteiger partial charge in [-0.3, -0.25) is 9.69 Å². The van der Waals surface area contributed by atoms with Crippen molar-refractivity contribution in [1.29, 1.82) is 0 Å². The zero-order valence-corrected chi connectivity index (χ0v) is 14.2. The molecule has 1 heterocycles. The summed E-state index contributed by atoms with van der Waals surface area (Å²) in [5.41, 5.74) is 1.36. The van der Waals surface area contributed by atoms with E-state index in [2.05, 4.69) is 21.2 Å². The first-order chi connectivity index (χ1) is 9.94. The summed E-state index contributed by atoms with van der Waals surface area (Å²) in [6.45, 7) is 2.79. The lowest BCUT2D eigenvalue weighted by Crippen LogP contribution is -2.29. The van der Waals surface area contributed by atoms with Crippen molar-refractivity contribution in [1.82, 2.24) is 4.90 Å². The molecule has 2 aromatic rings. The molecular weight excluding hydrogens is 355 g/mol. The van der Waals surface area contributed by atoms with E-state index in [1.807, 2.05) is 31.0 Å². The van der Waals surface area contributed by atoms with E-state index in [9.17, 15) is 9.18 Å². The van der Waals surface area contributed by atoms with Crippen LogP contribution in [-0.4, -0.2) is 24.4 Å². The SMILES string of the molecule is Cc1ccc(F)cc1NC(=O)CN(C)Cc1ccc(Br)s1. The molecule has 2 rings (SSSR count). The van der Waals surface area contributed by atoms with Gasteiger partial charge in [-0.2, -0.15) is 0 Å². The van der Waals surface area contributed by atoms with Gasteiger partial charge in [0.05, 0.1) is 10.3 Å². The fourth-order valence-electron chi connectivity index (χ4n) is 1.92. The van der Waals surface area contributed by atoms with E-state index < -0.39 is 0 Å². The van der Waals surface area contributed by atoms with Gasteiger partial charge in [0.1, 0.15) is 5.82 Å². The lowest BCUT2D eigenvalue weighted by molar-refractivity contribution is -0.117. The first-order valence-electron chi connectivity index (χ1n) is 6.43. The third-order valence-corrected chi connectivity index (χ3v) is 4.55. The molecule has 0 spiro atoms. The summed E-state index contributed by atoms with van der Waals surface area (Å²) < 4.78 is 14.3. The molecule has 0 aliphatic heterocycles. The van der Waals surface area contributed by atoms with Gasteiger partial charge in [-0.1, -0.05) is 6.07 Å². The van der Waals surface area contributed by atoms with E-state index in [0.29, 0.717) is 12.2 Å². The maximum atomic E-state index is 13.2. The molecule has 0 fully saturated rings. The molecule has 0 atom stereocenters. The second kappa shape index (κ2) is 7.15. The van der Waals surface area contributed by atoms with Gasteiger partial charge in [-0.05, 0) is 59.7 Å². The first-order valence-corrected chi connectivity index (χ1v) is 8.04. The van der Waals surface area contributed by atoms with Crippen LogP contribution in [0.15, 0.2) is 34.1 Å². The molecule has 1 amide bonds. The van der Waals surface area contributed by atoms with Crippen LogP contribution in [0.4, 0.5) is 10.1 Å². The number of hydrogen-bond acceptors (Lipinski definition) is 3. The van der Waals surface area contributed by atoms with Crippen LogP contribution in [0.5, 0.6) is 0 Å². The third kappa shape index (κ3) is 4.91. The fourth-order valence-corrected chi connectivity index (χ4v) is 3.49. The number of nitrogens with one attached hydrogen (secondary N) is 1. The van der Waals surface area contributed by atoms with Gasteiger partial charge in [0, 0.05) is 17.1 Å². The van der Waals surface area contributed by atoms with Crippen molar-refractivity contribution in [2.45, 2.75) is 13.5 Å². The molecule has 0 radical (unpaired) electrons. The predicted molar refractivity (Wildman–Crippen MR) is 88.1 cm³/mol. The number of thiophene rings is 1. The van der Waals surface area contributed by atoms with Crippen molar-refractivity contribution < 1.29 is 9.18 Å². The molecule has 21 heavy (non-hydrogen) atoms. The number of benzene rings is 1. The highest BCUT2D eigenvalue weighted by Gasteiger charge is 2.10. The van der Waals surface area contributed by atoms with Crippen LogP contribution in [0, 0.1) is 12.7 Å². The molecule has 0 saturated heterocycles. The van der Waals surface area contributed by atoms with E-state index in [1.54, 1.807) is 17.4 Å². The van der Waals surface area contributed by atoms with E-state index in [1.165, 1.54) is 17.0 Å². The standard InChI is InChI=1S/C15H16BrFN2OS/c1-10-3-4-11(17)7-13(10)18-15(20)9-19(2)8-12-5-6-14(16)21-12/h3-7H,8-9H2,1-2H3,(H,18,20). The number of rotatable bonds is 5. The first kappa shape index (κ1) is 16.1. The van der Waals surface area contributed by atoms with Gasteiger partial charge in [-0.15, -0.1) is 11.3 Å². The number of hydrogen-bond donors (Lipinski definition) is 1. The lowest BCUT2D eigenvalue weighted by atomic mass is 10.2. The predicted octanol–water partition coefficient (Wildman–Crippen LogP) is 4.03. The number of likely N-dealkylation sites (N-methyl/N-ethyl adjacent to an activating group) is 1. The van der Waals surface area contributed by atoms with Gasteiger partial charge in [0.15, 0.2) is 0 Å². The van der Waals surface area contributed by atoms with Crippen molar-refractivity contribution in [2.75, 3.05) is 18.9 Å². The van der Waals surface area contributed by atoms with E-state index >= 15 is 0 Å². The number of carbonyl (C=O) groups is 1. The number of aryl methyl sites for hydroxylation is 1. The van der Waals surface area contributed by atoms with Gasteiger partial charge in [-0.25, -0.2) is 4.39 Å². The number of amides is 1. The maximum Gasteiger partial charge on any atom is 0.238 e. The topological polar surface area (TPSA) is 32.3 Å². The van der Waals surface area contributed by atoms with Crippen molar-refractivity contribution in [3.63, 3.8) is 0 Å². The Hall–Kier alpha value is -1.24. The van der Waals surface area contributed by atoms with Crippen LogP contribution in [-0.2, 0) is 11.3 Å². The number of anilines is 1. The Bertz CT molecular complexity index is 644. The zero-order chi connectivity index (χ0) is 15.4. The molecule has 1 aromatic heterocycles. The van der Waals surface area contributed by atoms with Crippen molar-refractivity contribution in [2.24, 2.45) is 0 Å². The molecule has 0 bridgehead atoms. The third-order valence-electron chi connectivity index (χ3n) is 2.94. The highest BCUT2D eigenvalue weighted by atomic mass is 79.9. The molecule has 3 nitrogen and oxygen atoms in total. The number of halogens is 2. The Morgan fingerprint density at radius 2 is 2.14 bits per heavy atom. The van der Waals surface area contributed by atoms with Crippen molar-refractivity contribution in [3.05, 3.63) is 50.4 Å². The summed E-state index contributed by atoms with van der Waals surface area (Å²) >= 11 is 5.06. The normalized spacial score (nSPS) is 10.9. The van der Waals surface area contributed by atoms with Gasteiger partial charge in [0.2, 0.25) is 5.91 Å². The van der Waals surface area contributed by atoms with Crippen molar-refractivity contribution in [3.8, 4) is 0 Å². The quantitative estimate of drug-likeness (QED) is 0.861. The van der Waals surface area contributed by atoms with Crippen LogP contribution >= 0.6 is 27.3 Å². The van der Waals surface area contributed by atoms with Gasteiger partial charge < -0.3 is 5.32 Å². The van der Waals surface area contributed by atoms with E-state index in [4.69, 9.17) is 0 Å². The Labute approximate surface area is 135 Å². The van der Waals surface area contributed by atoms with Crippen molar-refractivity contribution >= 4 is 38.9 Å². The minimum Gasteiger partial charge on any atom is -0.325 e. The molecule has 0 saturated carbocycles. The van der Waals surface area contributed by atoms with E-state index in [0.717, 1.165) is 9.35 Å². The smallest absolute Gasteiger partial charge is 0.238 e. The average Bonchev–Trinajstić information content (AvgIpc) is 2.79. The fraction of sp³-hybridized carbons (Fsp3) is 0.267. The minimum absolute atomic E-state index is 0.151. The maximum absolute atomic E-state index is 13.2. The summed E-state index contributed by atoms with van der Waals surface area (Å²) in [5.74, 6) is -0.505. The number of nitrogens with zero attached hydrogens (tertiary/aromatic N) is 1. The summed E-state index contributed by atoms with van der Waals surface area (Å²) in [4.78, 5) is 15.1. The van der Waals surface area contributed by atoms with Crippen LogP contribution in [0.2, 0.25) is 0 Å². The lowest BCUT2D eigenvalue weighted by Gasteiger charge is -2.16. The monoisotopic (exact) mass is 370 g/mol. The largest absolute Gasteiger partial charge is 0.325 e. The summed E-state index contributed by atoms with van der Waals surface area (Å²) in [7, 11) is 1.88. The molecule has 6 heteroatoms. The molecule has 0 aliphatic rings. The van der Waals surface area contributed by atoms with Crippen LogP contribution in [0.1, 0.15) is 10.4 Å². The zero-order valence-electron chi connectivity index (χ0n) is 11.8. The molecular formula is C15H16BrFN2OS. The molecule has 1 aromatic carbocycles. The Balaban J connectivity index is 1.90. The Kier molecular flexibility index (Phi) is 5.50. The second-order valence-corrected chi connectivity index (χ2v) is 7.43. The second-order valence-electron chi connectivity index (χ2n) is 4.89. The molecule has 0 aliphatic carbocycles.